The maximum Gasteiger partial charge on any atom is 0.310 e. The van der Waals surface area contributed by atoms with Gasteiger partial charge in [0.05, 0.1) is 26.7 Å². The fourth-order valence-corrected chi connectivity index (χ4v) is 4.60. The third kappa shape index (κ3) is 2.38. The number of cyclic esters (lactones) is 1. The largest absolute Gasteiger partial charge is 0.502 e. The first-order chi connectivity index (χ1) is 13.6. The van der Waals surface area contributed by atoms with Gasteiger partial charge in [-0.05, 0) is 47.4 Å². The molecule has 0 aromatic heterocycles. The third-order valence-corrected chi connectivity index (χ3v) is 5.89. The first kappa shape index (κ1) is 17.0. The molecule has 7 nitrogen and oxygen atoms in total. The van der Waals surface area contributed by atoms with E-state index in [0.29, 0.717) is 23.9 Å². The predicted octanol–water partition coefficient (Wildman–Crippen LogP) is 2.62. The van der Waals surface area contributed by atoms with E-state index >= 15 is 0 Å². The van der Waals surface area contributed by atoms with Gasteiger partial charge in [-0.1, -0.05) is 0 Å². The lowest BCUT2D eigenvalue weighted by molar-refractivity contribution is -0.141. The highest BCUT2D eigenvalue weighted by Crippen LogP contribution is 2.52. The fraction of sp³-hybridized carbons (Fsp3) is 0.381. The van der Waals surface area contributed by atoms with Gasteiger partial charge in [0.2, 0.25) is 12.5 Å². The van der Waals surface area contributed by atoms with Gasteiger partial charge in [-0.15, -0.1) is 0 Å². The quantitative estimate of drug-likeness (QED) is 0.815. The monoisotopic (exact) mass is 384 g/mol. The first-order valence-electron chi connectivity index (χ1n) is 9.14. The fourth-order valence-electron chi connectivity index (χ4n) is 4.60. The van der Waals surface area contributed by atoms with E-state index in [1.54, 1.807) is 12.1 Å². The van der Waals surface area contributed by atoms with Gasteiger partial charge in [0, 0.05) is 11.8 Å². The molecule has 0 spiro atoms. The van der Waals surface area contributed by atoms with Crippen LogP contribution in [0.25, 0.3) is 0 Å². The minimum absolute atomic E-state index is 0.0685. The molecule has 0 radical (unpaired) electrons. The number of methoxy groups -OCH3 is 2. The Morgan fingerprint density at radius 3 is 2.36 bits per heavy atom. The number of phenols is 1. The molecule has 2 aromatic rings. The van der Waals surface area contributed by atoms with E-state index in [1.807, 2.05) is 12.1 Å². The second-order valence-corrected chi connectivity index (χ2v) is 7.28. The summed E-state index contributed by atoms with van der Waals surface area (Å²) < 4.78 is 27.2. The van der Waals surface area contributed by atoms with Gasteiger partial charge in [-0.25, -0.2) is 0 Å². The number of carbonyl (C=O) groups excluding carboxylic acids is 1. The van der Waals surface area contributed by atoms with Gasteiger partial charge in [0.15, 0.2) is 23.0 Å². The lowest BCUT2D eigenvalue weighted by atomic mass is 9.67. The van der Waals surface area contributed by atoms with Crippen molar-refractivity contribution >= 4 is 5.97 Å². The number of hydrogen-bond donors (Lipinski definition) is 1. The zero-order chi connectivity index (χ0) is 19.4. The van der Waals surface area contributed by atoms with E-state index in [2.05, 4.69) is 0 Å². The van der Waals surface area contributed by atoms with E-state index in [1.165, 1.54) is 14.2 Å². The summed E-state index contributed by atoms with van der Waals surface area (Å²) in [4.78, 5) is 12.6. The van der Waals surface area contributed by atoms with Gasteiger partial charge in [0.25, 0.3) is 0 Å². The van der Waals surface area contributed by atoms with Crippen LogP contribution >= 0.6 is 0 Å². The number of esters is 1. The summed E-state index contributed by atoms with van der Waals surface area (Å²) in [6.45, 7) is 0.596. The number of carbonyl (C=O) groups is 1. The number of fused-ring (bicyclic) bond motifs is 3. The lowest BCUT2D eigenvalue weighted by Gasteiger charge is -2.33. The van der Waals surface area contributed by atoms with Crippen LogP contribution in [-0.4, -0.2) is 38.7 Å². The second-order valence-electron chi connectivity index (χ2n) is 7.28. The van der Waals surface area contributed by atoms with Crippen LogP contribution in [-0.2, 0) is 16.0 Å². The zero-order valence-electron chi connectivity index (χ0n) is 15.6. The SMILES string of the molecule is COc1cc([C@H]2c3cc4c(cc3C[C@@H]3COC(=O)[C@@H]32)OCO4)cc(OC)c1O. The van der Waals surface area contributed by atoms with Gasteiger partial charge in [-0.3, -0.25) is 4.79 Å². The Labute approximate surface area is 161 Å². The molecule has 1 N–H and O–H groups in total. The van der Waals surface area contributed by atoms with Crippen molar-refractivity contribution in [3.8, 4) is 28.7 Å². The number of ether oxygens (including phenoxy) is 5. The van der Waals surface area contributed by atoms with Gasteiger partial charge < -0.3 is 28.8 Å². The van der Waals surface area contributed by atoms with Crippen LogP contribution in [0.5, 0.6) is 28.7 Å². The number of rotatable bonds is 3. The van der Waals surface area contributed by atoms with Gasteiger partial charge in [-0.2, -0.15) is 0 Å². The molecular formula is C21H20O7. The minimum Gasteiger partial charge on any atom is -0.502 e. The topological polar surface area (TPSA) is 83.5 Å². The van der Waals surface area contributed by atoms with Crippen LogP contribution in [0.4, 0.5) is 0 Å². The van der Waals surface area contributed by atoms with Crippen molar-refractivity contribution in [2.45, 2.75) is 12.3 Å². The molecule has 5 rings (SSSR count). The lowest BCUT2D eigenvalue weighted by Crippen LogP contribution is -2.31. The van der Waals surface area contributed by atoms with Crippen LogP contribution in [0.1, 0.15) is 22.6 Å². The number of benzene rings is 2. The molecule has 1 aliphatic carbocycles. The van der Waals surface area contributed by atoms with Crippen molar-refractivity contribution < 1.29 is 33.6 Å². The summed E-state index contributed by atoms with van der Waals surface area (Å²) >= 11 is 0. The van der Waals surface area contributed by atoms with Crippen LogP contribution < -0.4 is 18.9 Å². The normalized spacial score (nSPS) is 24.4. The molecule has 0 saturated carbocycles. The highest BCUT2D eigenvalue weighted by molar-refractivity contribution is 5.78. The molecule has 0 bridgehead atoms. The Morgan fingerprint density at radius 2 is 1.68 bits per heavy atom. The number of phenolic OH excluding ortho intramolecular Hbond substituents is 1. The van der Waals surface area contributed by atoms with Gasteiger partial charge in [0.1, 0.15) is 0 Å². The first-order valence-corrected chi connectivity index (χ1v) is 9.14. The third-order valence-electron chi connectivity index (χ3n) is 5.89. The molecule has 7 heteroatoms. The Balaban J connectivity index is 1.72. The molecule has 3 atom stereocenters. The number of hydrogen-bond acceptors (Lipinski definition) is 7. The molecule has 3 aliphatic rings. The van der Waals surface area contributed by atoms with Crippen molar-refractivity contribution in [2.75, 3.05) is 27.6 Å². The van der Waals surface area contributed by atoms with Crippen LogP contribution in [0.2, 0.25) is 0 Å². The summed E-state index contributed by atoms with van der Waals surface area (Å²) in [7, 11) is 2.97. The smallest absolute Gasteiger partial charge is 0.310 e. The van der Waals surface area contributed by atoms with Crippen molar-refractivity contribution in [3.63, 3.8) is 0 Å². The second kappa shape index (κ2) is 6.22. The average Bonchev–Trinajstić information content (AvgIpc) is 3.31. The van der Waals surface area contributed by atoms with E-state index in [4.69, 9.17) is 23.7 Å². The number of aromatic hydroxyl groups is 1. The van der Waals surface area contributed by atoms with E-state index in [0.717, 1.165) is 28.9 Å². The average molecular weight is 384 g/mol. The molecule has 0 amide bonds. The molecule has 2 heterocycles. The van der Waals surface area contributed by atoms with Crippen LogP contribution in [0.15, 0.2) is 24.3 Å². The molecular weight excluding hydrogens is 364 g/mol. The molecule has 2 aliphatic heterocycles. The Morgan fingerprint density at radius 1 is 1.00 bits per heavy atom. The molecule has 0 unspecified atom stereocenters. The standard InChI is InChI=1S/C21H20O7/c1-24-16-5-11(6-17(25-2)20(16)22)18-13-7-15-14(27-9-28-15)4-10(13)3-12-8-26-21(23)19(12)18/h4-7,12,18-19,22H,3,8-9H2,1-2H3/t12-,18+,19+/m1/s1. The van der Waals surface area contributed by atoms with Crippen LogP contribution in [0.3, 0.4) is 0 Å². The maximum absolute atomic E-state index is 12.6. The summed E-state index contributed by atoms with van der Waals surface area (Å²) in [5.41, 5.74) is 2.93. The van der Waals surface area contributed by atoms with Crippen molar-refractivity contribution in [1.82, 2.24) is 0 Å². The highest BCUT2D eigenvalue weighted by atomic mass is 16.7. The predicted molar refractivity (Wildman–Crippen MR) is 97.3 cm³/mol. The zero-order valence-corrected chi connectivity index (χ0v) is 15.6. The summed E-state index contributed by atoms with van der Waals surface area (Å²) in [5, 5.41) is 10.3. The summed E-state index contributed by atoms with van der Waals surface area (Å²) in [6, 6.07) is 7.46. The Kier molecular flexibility index (Phi) is 3.79. The molecule has 2 aromatic carbocycles. The Bertz CT molecular complexity index is 942. The van der Waals surface area contributed by atoms with E-state index in [-0.39, 0.29) is 36.3 Å². The maximum atomic E-state index is 12.6. The molecule has 1 fully saturated rings. The highest BCUT2D eigenvalue weighted by Gasteiger charge is 2.48. The van der Waals surface area contributed by atoms with E-state index < -0.39 is 0 Å². The minimum atomic E-state index is -0.313. The molecule has 28 heavy (non-hydrogen) atoms. The molecule has 1 saturated heterocycles. The molecule has 146 valence electrons. The van der Waals surface area contributed by atoms with E-state index in [9.17, 15) is 9.90 Å². The Hall–Kier alpha value is -3.09. The van der Waals surface area contributed by atoms with Crippen molar-refractivity contribution in [1.29, 1.82) is 0 Å². The summed E-state index contributed by atoms with van der Waals surface area (Å²) in [6.07, 6.45) is 0.741. The summed E-state index contributed by atoms with van der Waals surface area (Å²) in [5.74, 6) is 1.22. The van der Waals surface area contributed by atoms with Gasteiger partial charge >= 0.3 is 5.97 Å². The van der Waals surface area contributed by atoms with Crippen molar-refractivity contribution in [2.24, 2.45) is 11.8 Å². The van der Waals surface area contributed by atoms with Crippen LogP contribution in [0, 0.1) is 11.8 Å². The van der Waals surface area contributed by atoms with Crippen molar-refractivity contribution in [3.05, 3.63) is 41.0 Å².